The first-order valence-electron chi connectivity index (χ1n) is 9.63. The van der Waals surface area contributed by atoms with Crippen molar-refractivity contribution in [1.29, 1.82) is 0 Å². The number of ether oxygens (including phenoxy) is 1. The zero-order valence-electron chi connectivity index (χ0n) is 18.1. The normalized spacial score (nSPS) is 10.9. The first-order valence-corrected chi connectivity index (χ1v) is 10.4. The van der Waals surface area contributed by atoms with Crippen molar-refractivity contribution in [3.05, 3.63) is 49.0 Å². The Morgan fingerprint density at radius 1 is 1.12 bits per heavy atom. The summed E-state index contributed by atoms with van der Waals surface area (Å²) in [6, 6.07) is 4.73. The third kappa shape index (κ3) is 6.43. The van der Waals surface area contributed by atoms with Crippen LogP contribution >= 0.6 is 15.9 Å². The molecule has 1 amide bonds. The topological polar surface area (TPSA) is 193 Å². The highest BCUT2D eigenvalue weighted by molar-refractivity contribution is 9.10. The number of carbonyl (C=O) groups is 1. The largest absolute Gasteiger partial charge is 0.494 e. The third-order valence-electron chi connectivity index (χ3n) is 4.38. The molecule has 3 N–H and O–H groups in total. The van der Waals surface area contributed by atoms with E-state index in [-0.39, 0.29) is 53.6 Å². The molecule has 0 unspecified atom stereocenters. The Kier molecular flexibility index (Phi) is 9.35. The van der Waals surface area contributed by atoms with Gasteiger partial charge in [0.1, 0.15) is 11.4 Å². The maximum Gasteiger partial charge on any atom is 0.304 e. The van der Waals surface area contributed by atoms with E-state index in [4.69, 9.17) is 4.74 Å². The summed E-state index contributed by atoms with van der Waals surface area (Å²) >= 11 is 3.05. The Bertz CT molecular complexity index is 1120. The smallest absolute Gasteiger partial charge is 0.304 e. The molecule has 0 bridgehead atoms. The standard InChI is InChI=1S/C19H21BrN6O8/c1-11(29)21-14-9-16(24(3-5-27)4-6-28)18(34-2)10-15(14)22-23-19-13(20)7-12(25(30)31)8-17(19)26(32)33/h7-10,27-28H,3-6H2,1-2H3,(H,21,29). The van der Waals surface area contributed by atoms with E-state index in [9.17, 15) is 35.2 Å². The van der Waals surface area contributed by atoms with Gasteiger partial charge in [0.2, 0.25) is 5.91 Å². The average Bonchev–Trinajstić information content (AvgIpc) is 2.77. The highest BCUT2D eigenvalue weighted by Crippen LogP contribution is 2.42. The van der Waals surface area contributed by atoms with Crippen LogP contribution in [0.5, 0.6) is 5.75 Å². The SMILES string of the molecule is COc1cc(N=Nc2c(Br)cc([N+](=O)[O-])cc2[N+](=O)[O-])c(NC(C)=O)cc1N(CCO)CCO. The molecule has 0 fully saturated rings. The number of non-ortho nitro benzene ring substituents is 1. The van der Waals surface area contributed by atoms with Crippen LogP contribution < -0.4 is 15.0 Å². The van der Waals surface area contributed by atoms with Gasteiger partial charge in [-0.2, -0.15) is 0 Å². The number of hydrogen-bond acceptors (Lipinski definition) is 11. The van der Waals surface area contributed by atoms with Crippen LogP contribution in [0.15, 0.2) is 39.0 Å². The first-order chi connectivity index (χ1) is 16.1. The molecule has 0 radical (unpaired) electrons. The molecule has 14 nitrogen and oxygen atoms in total. The number of methoxy groups -OCH3 is 1. The minimum absolute atomic E-state index is 0.0288. The molecule has 0 saturated carbocycles. The van der Waals surface area contributed by atoms with Crippen molar-refractivity contribution in [3.8, 4) is 5.75 Å². The molecule has 0 atom stereocenters. The maximum atomic E-state index is 11.8. The summed E-state index contributed by atoms with van der Waals surface area (Å²) < 4.78 is 5.36. The fourth-order valence-electron chi connectivity index (χ4n) is 2.95. The van der Waals surface area contributed by atoms with Crippen LogP contribution in [-0.4, -0.2) is 59.4 Å². The molecule has 2 aromatic rings. The predicted octanol–water partition coefficient (Wildman–Crippen LogP) is 3.44. The quantitative estimate of drug-likeness (QED) is 0.217. The fraction of sp³-hybridized carbons (Fsp3) is 0.316. The highest BCUT2D eigenvalue weighted by atomic mass is 79.9. The Balaban J connectivity index is 2.66. The molecular formula is C19H21BrN6O8. The number of aliphatic hydroxyl groups excluding tert-OH is 2. The van der Waals surface area contributed by atoms with Gasteiger partial charge in [0, 0.05) is 32.1 Å². The van der Waals surface area contributed by atoms with Gasteiger partial charge in [0.05, 0.1) is 52.1 Å². The van der Waals surface area contributed by atoms with Crippen LogP contribution in [0.25, 0.3) is 0 Å². The molecule has 2 aromatic carbocycles. The van der Waals surface area contributed by atoms with Crippen molar-refractivity contribution in [2.24, 2.45) is 10.2 Å². The lowest BCUT2D eigenvalue weighted by molar-refractivity contribution is -0.393. The first kappa shape index (κ1) is 26.6. The molecule has 182 valence electrons. The van der Waals surface area contributed by atoms with Crippen molar-refractivity contribution in [1.82, 2.24) is 0 Å². The van der Waals surface area contributed by atoms with Gasteiger partial charge in [-0.3, -0.25) is 25.0 Å². The van der Waals surface area contributed by atoms with Gasteiger partial charge in [0.25, 0.3) is 5.69 Å². The van der Waals surface area contributed by atoms with Gasteiger partial charge >= 0.3 is 5.69 Å². The average molecular weight is 541 g/mol. The second-order valence-electron chi connectivity index (χ2n) is 6.67. The Morgan fingerprint density at radius 3 is 2.26 bits per heavy atom. The number of nitro groups is 2. The molecule has 15 heteroatoms. The second-order valence-corrected chi connectivity index (χ2v) is 7.52. The maximum absolute atomic E-state index is 11.8. The van der Waals surface area contributed by atoms with E-state index >= 15 is 0 Å². The predicted molar refractivity (Wildman–Crippen MR) is 125 cm³/mol. The summed E-state index contributed by atoms with van der Waals surface area (Å²) in [4.78, 5) is 34.3. The highest BCUT2D eigenvalue weighted by Gasteiger charge is 2.24. The number of benzene rings is 2. The molecule has 34 heavy (non-hydrogen) atoms. The van der Waals surface area contributed by atoms with Gasteiger partial charge in [-0.15, -0.1) is 10.2 Å². The molecule has 0 heterocycles. The van der Waals surface area contributed by atoms with Crippen molar-refractivity contribution in [2.45, 2.75) is 6.92 Å². The molecule has 0 aromatic heterocycles. The van der Waals surface area contributed by atoms with Crippen molar-refractivity contribution < 1.29 is 29.6 Å². The number of carbonyl (C=O) groups excluding carboxylic acids is 1. The molecule has 0 aliphatic rings. The van der Waals surface area contributed by atoms with E-state index in [1.54, 1.807) is 4.90 Å². The summed E-state index contributed by atoms with van der Waals surface area (Å²) in [5.41, 5.74) is -0.732. The van der Waals surface area contributed by atoms with Gasteiger partial charge in [0.15, 0.2) is 5.69 Å². The van der Waals surface area contributed by atoms with E-state index in [1.807, 2.05) is 0 Å². The summed E-state index contributed by atoms with van der Waals surface area (Å²) in [6.45, 7) is 1.18. The summed E-state index contributed by atoms with van der Waals surface area (Å²) in [6.07, 6.45) is 0. The molecule has 2 rings (SSSR count). The van der Waals surface area contributed by atoms with E-state index in [0.717, 1.165) is 12.1 Å². The number of azo groups is 1. The summed E-state index contributed by atoms with van der Waals surface area (Å²) in [7, 11) is 1.38. The number of anilines is 2. The lowest BCUT2D eigenvalue weighted by Crippen LogP contribution is -2.30. The van der Waals surface area contributed by atoms with Gasteiger partial charge in [-0.05, 0) is 22.0 Å². The number of hydrogen-bond donors (Lipinski definition) is 3. The van der Waals surface area contributed by atoms with Crippen molar-refractivity contribution in [3.63, 3.8) is 0 Å². The monoisotopic (exact) mass is 540 g/mol. The zero-order valence-corrected chi connectivity index (χ0v) is 19.7. The number of nitrogens with zero attached hydrogens (tertiary/aromatic N) is 5. The number of amides is 1. The minimum Gasteiger partial charge on any atom is -0.494 e. The number of rotatable bonds is 11. The van der Waals surface area contributed by atoms with E-state index in [1.165, 1.54) is 26.2 Å². The number of aliphatic hydroxyl groups is 2. The van der Waals surface area contributed by atoms with Crippen LogP contribution in [0.3, 0.4) is 0 Å². The van der Waals surface area contributed by atoms with Crippen LogP contribution in [0, 0.1) is 20.2 Å². The van der Waals surface area contributed by atoms with Crippen molar-refractivity contribution >= 4 is 56.0 Å². The van der Waals surface area contributed by atoms with Crippen LogP contribution in [0.4, 0.5) is 34.1 Å². The zero-order chi connectivity index (χ0) is 25.4. The van der Waals surface area contributed by atoms with Gasteiger partial charge in [-0.25, -0.2) is 0 Å². The van der Waals surface area contributed by atoms with E-state index < -0.39 is 27.1 Å². The summed E-state index contributed by atoms with van der Waals surface area (Å²) in [5.74, 6) is -0.173. The molecule has 0 aliphatic heterocycles. The number of halogens is 1. The van der Waals surface area contributed by atoms with E-state index in [2.05, 4.69) is 31.5 Å². The lowest BCUT2D eigenvalue weighted by Gasteiger charge is -2.26. The molecular weight excluding hydrogens is 520 g/mol. The summed E-state index contributed by atoms with van der Waals surface area (Å²) in [5, 5.41) is 51.7. The van der Waals surface area contributed by atoms with Crippen molar-refractivity contribution in [2.75, 3.05) is 43.6 Å². The van der Waals surface area contributed by atoms with E-state index in [0.29, 0.717) is 5.69 Å². The molecule has 0 spiro atoms. The fourth-order valence-corrected chi connectivity index (χ4v) is 3.47. The van der Waals surface area contributed by atoms with Gasteiger partial charge in [-0.1, -0.05) is 0 Å². The molecule has 0 aliphatic carbocycles. The van der Waals surface area contributed by atoms with Crippen LogP contribution in [-0.2, 0) is 4.79 Å². The number of nitro benzene ring substituents is 2. The lowest BCUT2D eigenvalue weighted by atomic mass is 10.2. The van der Waals surface area contributed by atoms with Crippen LogP contribution in [0.1, 0.15) is 6.92 Å². The minimum atomic E-state index is -0.827. The molecule has 0 saturated heterocycles. The van der Waals surface area contributed by atoms with Crippen LogP contribution in [0.2, 0.25) is 0 Å². The Morgan fingerprint density at radius 2 is 1.76 bits per heavy atom. The second kappa shape index (κ2) is 12.0. The Hall–Kier alpha value is -3.69. The third-order valence-corrected chi connectivity index (χ3v) is 4.99. The van der Waals surface area contributed by atoms with Gasteiger partial charge < -0.3 is 25.2 Å². The Labute approximate surface area is 201 Å². The number of nitrogens with one attached hydrogen (secondary N) is 1.